The van der Waals surface area contributed by atoms with Crippen LogP contribution >= 0.6 is 23.4 Å². The Morgan fingerprint density at radius 1 is 1.40 bits per heavy atom. The molecule has 0 aromatic heterocycles. The van der Waals surface area contributed by atoms with E-state index in [9.17, 15) is 0 Å². The lowest BCUT2D eigenvalue weighted by atomic mass is 10.1. The summed E-state index contributed by atoms with van der Waals surface area (Å²) in [5, 5.41) is 5.02. The highest BCUT2D eigenvalue weighted by atomic mass is 35.5. The number of benzene rings is 1. The highest BCUT2D eigenvalue weighted by molar-refractivity contribution is 8.00. The number of nitrogens with one attached hydrogen (secondary N) is 1. The molecule has 1 N–H and O–H groups in total. The van der Waals surface area contributed by atoms with Gasteiger partial charge in [-0.2, -0.15) is 0 Å². The molecule has 1 aliphatic rings. The summed E-state index contributed by atoms with van der Waals surface area (Å²) < 4.78 is 5.40. The van der Waals surface area contributed by atoms with Gasteiger partial charge in [0.1, 0.15) is 0 Å². The van der Waals surface area contributed by atoms with Crippen molar-refractivity contribution in [2.24, 2.45) is 0 Å². The largest absolute Gasteiger partial charge is 0.381 e. The number of hydrogen-bond donors (Lipinski definition) is 1. The summed E-state index contributed by atoms with van der Waals surface area (Å²) in [7, 11) is 0. The van der Waals surface area contributed by atoms with Gasteiger partial charge in [0.15, 0.2) is 0 Å². The molecule has 1 atom stereocenters. The van der Waals surface area contributed by atoms with Gasteiger partial charge in [0, 0.05) is 34.4 Å². The summed E-state index contributed by atoms with van der Waals surface area (Å²) >= 11 is 8.37. The van der Waals surface area contributed by atoms with E-state index in [1.165, 1.54) is 10.5 Å². The first-order valence-electron chi connectivity index (χ1n) is 7.48. The maximum absolute atomic E-state index is 6.44. The summed E-state index contributed by atoms with van der Waals surface area (Å²) in [6.45, 7) is 7.15. The van der Waals surface area contributed by atoms with E-state index in [2.05, 4.69) is 37.4 Å². The lowest BCUT2D eigenvalue weighted by molar-refractivity contribution is 0.100. The molecule has 0 amide bonds. The molecule has 0 aliphatic carbocycles. The van der Waals surface area contributed by atoms with Crippen molar-refractivity contribution in [1.82, 2.24) is 5.32 Å². The van der Waals surface area contributed by atoms with Crippen LogP contribution < -0.4 is 5.32 Å². The van der Waals surface area contributed by atoms with Gasteiger partial charge in [-0.05, 0) is 50.4 Å². The molecule has 20 heavy (non-hydrogen) atoms. The van der Waals surface area contributed by atoms with Crippen LogP contribution in [0, 0.1) is 0 Å². The van der Waals surface area contributed by atoms with Crippen molar-refractivity contribution < 1.29 is 4.74 Å². The quantitative estimate of drug-likeness (QED) is 0.824. The Bertz CT molecular complexity index is 421. The van der Waals surface area contributed by atoms with Crippen molar-refractivity contribution in [3.05, 3.63) is 28.8 Å². The summed E-state index contributed by atoms with van der Waals surface area (Å²) in [4.78, 5) is 1.27. The van der Waals surface area contributed by atoms with Crippen LogP contribution in [0.15, 0.2) is 23.1 Å². The molecular formula is C16H24ClNOS. The topological polar surface area (TPSA) is 21.3 Å². The molecule has 1 aromatic rings. The first-order valence-corrected chi connectivity index (χ1v) is 8.73. The predicted octanol–water partition coefficient (Wildman–Crippen LogP) is 4.67. The minimum absolute atomic E-state index is 0.310. The molecule has 0 radical (unpaired) electrons. The molecule has 1 saturated heterocycles. The van der Waals surface area contributed by atoms with Crippen LogP contribution in [0.2, 0.25) is 5.02 Å². The summed E-state index contributed by atoms with van der Waals surface area (Å²) in [5.41, 5.74) is 1.19. The summed E-state index contributed by atoms with van der Waals surface area (Å²) in [5.74, 6) is 0. The van der Waals surface area contributed by atoms with Gasteiger partial charge in [-0.15, -0.1) is 11.8 Å². The van der Waals surface area contributed by atoms with Crippen LogP contribution in [0.5, 0.6) is 0 Å². The van der Waals surface area contributed by atoms with Gasteiger partial charge >= 0.3 is 0 Å². The molecule has 1 unspecified atom stereocenters. The fourth-order valence-corrected chi connectivity index (χ4v) is 3.94. The number of halogens is 1. The second-order valence-electron chi connectivity index (χ2n) is 5.29. The van der Waals surface area contributed by atoms with E-state index in [-0.39, 0.29) is 0 Å². The van der Waals surface area contributed by atoms with Crippen molar-refractivity contribution in [2.45, 2.75) is 49.3 Å². The zero-order valence-corrected chi connectivity index (χ0v) is 13.9. The standard InChI is InChI=1S/C16H24ClNOS/c1-3-8-18-12(2)15-5-4-14(11-16(15)17)20-13-6-9-19-10-7-13/h4-5,11-13,18H,3,6-10H2,1-2H3. The molecule has 1 aromatic carbocycles. The SMILES string of the molecule is CCCNC(C)c1ccc(SC2CCOCC2)cc1Cl. The predicted molar refractivity (Wildman–Crippen MR) is 87.9 cm³/mol. The second-order valence-corrected chi connectivity index (χ2v) is 7.07. The zero-order chi connectivity index (χ0) is 14.4. The van der Waals surface area contributed by atoms with Crippen LogP contribution in [0.1, 0.15) is 44.7 Å². The van der Waals surface area contributed by atoms with Gasteiger partial charge in [0.25, 0.3) is 0 Å². The van der Waals surface area contributed by atoms with Crippen LogP contribution in [-0.4, -0.2) is 25.0 Å². The minimum Gasteiger partial charge on any atom is -0.381 e. The lowest BCUT2D eigenvalue weighted by Gasteiger charge is -2.22. The fraction of sp³-hybridized carbons (Fsp3) is 0.625. The van der Waals surface area contributed by atoms with Crippen LogP contribution in [0.25, 0.3) is 0 Å². The van der Waals surface area contributed by atoms with E-state index in [1.807, 2.05) is 11.8 Å². The number of ether oxygens (including phenoxy) is 1. The van der Waals surface area contributed by atoms with Gasteiger partial charge in [0.2, 0.25) is 0 Å². The highest BCUT2D eigenvalue weighted by Gasteiger charge is 2.16. The Morgan fingerprint density at radius 2 is 2.15 bits per heavy atom. The van der Waals surface area contributed by atoms with Crippen molar-refractivity contribution >= 4 is 23.4 Å². The Labute approximate surface area is 131 Å². The second kappa shape index (κ2) is 8.28. The van der Waals surface area contributed by atoms with Gasteiger partial charge < -0.3 is 10.1 Å². The summed E-state index contributed by atoms with van der Waals surface area (Å²) in [6, 6.07) is 6.79. The molecule has 1 aliphatic heterocycles. The van der Waals surface area contributed by atoms with Gasteiger partial charge in [-0.25, -0.2) is 0 Å². The zero-order valence-electron chi connectivity index (χ0n) is 12.3. The molecule has 0 saturated carbocycles. The lowest BCUT2D eigenvalue weighted by Crippen LogP contribution is -2.19. The normalized spacial score (nSPS) is 18.1. The molecule has 4 heteroatoms. The van der Waals surface area contributed by atoms with Crippen molar-refractivity contribution in [3.63, 3.8) is 0 Å². The Balaban J connectivity index is 1.97. The minimum atomic E-state index is 0.310. The Kier molecular flexibility index (Phi) is 6.69. The molecule has 2 rings (SSSR count). The van der Waals surface area contributed by atoms with E-state index in [1.54, 1.807) is 0 Å². The van der Waals surface area contributed by atoms with Crippen molar-refractivity contribution in [3.8, 4) is 0 Å². The Morgan fingerprint density at radius 3 is 2.80 bits per heavy atom. The molecule has 0 spiro atoms. The molecule has 1 heterocycles. The highest BCUT2D eigenvalue weighted by Crippen LogP contribution is 2.33. The van der Waals surface area contributed by atoms with E-state index in [4.69, 9.17) is 16.3 Å². The monoisotopic (exact) mass is 313 g/mol. The van der Waals surface area contributed by atoms with E-state index in [0.29, 0.717) is 11.3 Å². The van der Waals surface area contributed by atoms with Crippen molar-refractivity contribution in [2.75, 3.05) is 19.8 Å². The van der Waals surface area contributed by atoms with Gasteiger partial charge in [-0.1, -0.05) is 24.6 Å². The smallest absolute Gasteiger partial charge is 0.0476 e. The van der Waals surface area contributed by atoms with Crippen LogP contribution in [0.4, 0.5) is 0 Å². The fourth-order valence-electron chi connectivity index (χ4n) is 2.39. The average Bonchev–Trinajstić information content (AvgIpc) is 2.46. The summed E-state index contributed by atoms with van der Waals surface area (Å²) in [6.07, 6.45) is 3.41. The third-order valence-electron chi connectivity index (χ3n) is 3.61. The first kappa shape index (κ1) is 16.2. The molecule has 2 nitrogen and oxygen atoms in total. The molecule has 1 fully saturated rings. The number of rotatable bonds is 6. The number of hydrogen-bond acceptors (Lipinski definition) is 3. The van der Waals surface area contributed by atoms with E-state index < -0.39 is 0 Å². The van der Waals surface area contributed by atoms with Crippen LogP contribution in [0.3, 0.4) is 0 Å². The number of thioether (sulfide) groups is 1. The maximum atomic E-state index is 6.44. The first-order chi connectivity index (χ1) is 9.70. The van der Waals surface area contributed by atoms with Crippen molar-refractivity contribution in [1.29, 1.82) is 0 Å². The maximum Gasteiger partial charge on any atom is 0.0476 e. The molecular weight excluding hydrogens is 290 g/mol. The van der Waals surface area contributed by atoms with Gasteiger partial charge in [-0.3, -0.25) is 0 Å². The van der Waals surface area contributed by atoms with E-state index in [0.717, 1.165) is 44.0 Å². The third kappa shape index (κ3) is 4.66. The van der Waals surface area contributed by atoms with Crippen LogP contribution in [-0.2, 0) is 4.74 Å². The average molecular weight is 314 g/mol. The molecule has 0 bridgehead atoms. The van der Waals surface area contributed by atoms with Gasteiger partial charge in [0.05, 0.1) is 0 Å². The Hall–Kier alpha value is -0.220. The van der Waals surface area contributed by atoms with E-state index >= 15 is 0 Å². The third-order valence-corrected chi connectivity index (χ3v) is 5.27. The molecule has 112 valence electrons.